The summed E-state index contributed by atoms with van der Waals surface area (Å²) >= 11 is 3.34. The van der Waals surface area contributed by atoms with Crippen LogP contribution in [0.4, 0.5) is 11.4 Å². The highest BCUT2D eigenvalue weighted by Gasteiger charge is 2.11. The molecule has 3 nitrogen and oxygen atoms in total. The third-order valence-corrected chi connectivity index (χ3v) is 2.63. The van der Waals surface area contributed by atoms with Crippen LogP contribution in [-0.2, 0) is 0 Å². The molecule has 0 fully saturated rings. The maximum atomic E-state index is 8.77. The van der Waals surface area contributed by atoms with Crippen molar-refractivity contribution in [3.63, 3.8) is 0 Å². The Hall–Kier alpha value is -1.21. The van der Waals surface area contributed by atoms with E-state index in [1.54, 1.807) is 0 Å². The molecule has 0 aliphatic carbocycles. The number of hydrogen-bond acceptors (Lipinski definition) is 3. The summed E-state index contributed by atoms with van der Waals surface area (Å²) in [7, 11) is 1.85. The number of nitrogens with two attached hydrogens (primary N) is 1. The van der Waals surface area contributed by atoms with Gasteiger partial charge in [0.25, 0.3) is 0 Å². The van der Waals surface area contributed by atoms with E-state index in [1.807, 2.05) is 37.1 Å². The van der Waals surface area contributed by atoms with E-state index in [4.69, 9.17) is 11.0 Å². The zero-order chi connectivity index (χ0) is 10.7. The smallest absolute Gasteiger partial charge is 0.113 e. The van der Waals surface area contributed by atoms with Crippen molar-refractivity contribution >= 4 is 27.3 Å². The standard InChI is InChI=1S/C10H12BrN3/c1-7(6-12)14(2)10-4-3-8(11)5-9(10)13/h3-5,7H,13H2,1-2H3. The van der Waals surface area contributed by atoms with Crippen molar-refractivity contribution in [2.24, 2.45) is 0 Å². The second-order valence-electron chi connectivity index (χ2n) is 3.12. The van der Waals surface area contributed by atoms with Crippen LogP contribution in [-0.4, -0.2) is 13.1 Å². The molecule has 1 atom stereocenters. The lowest BCUT2D eigenvalue weighted by Crippen LogP contribution is -2.27. The summed E-state index contributed by atoms with van der Waals surface area (Å²) in [6.45, 7) is 1.83. The van der Waals surface area contributed by atoms with Gasteiger partial charge in [-0.05, 0) is 25.1 Å². The molecule has 0 radical (unpaired) electrons. The Bertz CT molecular complexity index is 370. The Morgan fingerprint density at radius 3 is 2.71 bits per heavy atom. The monoisotopic (exact) mass is 253 g/mol. The molecule has 0 spiro atoms. The van der Waals surface area contributed by atoms with Crippen LogP contribution in [0.3, 0.4) is 0 Å². The Balaban J connectivity index is 3.03. The first kappa shape index (κ1) is 10.9. The van der Waals surface area contributed by atoms with Gasteiger partial charge < -0.3 is 10.6 Å². The molecule has 1 aromatic rings. The molecule has 2 N–H and O–H groups in total. The maximum absolute atomic E-state index is 8.77. The molecule has 0 saturated carbocycles. The lowest BCUT2D eigenvalue weighted by atomic mass is 10.2. The number of hydrogen-bond donors (Lipinski definition) is 1. The number of anilines is 2. The van der Waals surface area contributed by atoms with E-state index in [2.05, 4.69) is 22.0 Å². The number of nitrogens with zero attached hydrogens (tertiary/aromatic N) is 2. The average Bonchev–Trinajstić information content (AvgIpc) is 2.15. The van der Waals surface area contributed by atoms with Crippen LogP contribution in [0.1, 0.15) is 6.92 Å². The Morgan fingerprint density at radius 2 is 2.21 bits per heavy atom. The second kappa shape index (κ2) is 4.34. The molecule has 1 aromatic carbocycles. The van der Waals surface area contributed by atoms with Crippen molar-refractivity contribution < 1.29 is 0 Å². The molecule has 0 heterocycles. The molecule has 1 rings (SSSR count). The van der Waals surface area contributed by atoms with Crippen LogP contribution in [0, 0.1) is 11.3 Å². The lowest BCUT2D eigenvalue weighted by Gasteiger charge is -2.23. The van der Waals surface area contributed by atoms with Gasteiger partial charge in [0, 0.05) is 11.5 Å². The van der Waals surface area contributed by atoms with E-state index in [-0.39, 0.29) is 6.04 Å². The fraction of sp³-hybridized carbons (Fsp3) is 0.300. The molecule has 0 aliphatic rings. The Morgan fingerprint density at radius 1 is 1.57 bits per heavy atom. The van der Waals surface area contributed by atoms with Crippen LogP contribution in [0.2, 0.25) is 0 Å². The number of halogens is 1. The van der Waals surface area contributed by atoms with Gasteiger partial charge >= 0.3 is 0 Å². The Labute approximate surface area is 92.3 Å². The van der Waals surface area contributed by atoms with Gasteiger partial charge in [0.2, 0.25) is 0 Å². The number of rotatable bonds is 2. The fourth-order valence-electron chi connectivity index (χ4n) is 1.14. The molecular formula is C10H12BrN3. The van der Waals surface area contributed by atoms with E-state index in [9.17, 15) is 0 Å². The van der Waals surface area contributed by atoms with E-state index >= 15 is 0 Å². The summed E-state index contributed by atoms with van der Waals surface area (Å²) in [4.78, 5) is 1.85. The van der Waals surface area contributed by atoms with Gasteiger partial charge in [-0.15, -0.1) is 0 Å². The maximum Gasteiger partial charge on any atom is 0.113 e. The highest BCUT2D eigenvalue weighted by atomic mass is 79.9. The van der Waals surface area contributed by atoms with Crippen molar-refractivity contribution in [3.8, 4) is 6.07 Å². The van der Waals surface area contributed by atoms with E-state index in [1.165, 1.54) is 0 Å². The second-order valence-corrected chi connectivity index (χ2v) is 4.03. The van der Waals surface area contributed by atoms with E-state index in [0.717, 1.165) is 10.2 Å². The first-order chi connectivity index (χ1) is 6.56. The van der Waals surface area contributed by atoms with Crippen LogP contribution < -0.4 is 10.6 Å². The van der Waals surface area contributed by atoms with Gasteiger partial charge in [0.15, 0.2) is 0 Å². The molecule has 14 heavy (non-hydrogen) atoms. The summed E-state index contributed by atoms with van der Waals surface area (Å²) in [6, 6.07) is 7.62. The van der Waals surface area contributed by atoms with E-state index in [0.29, 0.717) is 5.69 Å². The van der Waals surface area contributed by atoms with Crippen molar-refractivity contribution in [1.29, 1.82) is 5.26 Å². The summed E-state index contributed by atoms with van der Waals surface area (Å²) in [5.74, 6) is 0. The summed E-state index contributed by atoms with van der Waals surface area (Å²) in [5.41, 5.74) is 7.38. The third-order valence-electron chi connectivity index (χ3n) is 2.14. The van der Waals surface area contributed by atoms with Crippen molar-refractivity contribution in [2.45, 2.75) is 13.0 Å². The first-order valence-electron chi connectivity index (χ1n) is 4.23. The van der Waals surface area contributed by atoms with E-state index < -0.39 is 0 Å². The number of nitriles is 1. The largest absolute Gasteiger partial charge is 0.397 e. The van der Waals surface area contributed by atoms with Crippen molar-refractivity contribution in [1.82, 2.24) is 0 Å². The number of nitrogen functional groups attached to an aromatic ring is 1. The van der Waals surface area contributed by atoms with Gasteiger partial charge in [-0.1, -0.05) is 15.9 Å². The molecule has 0 aromatic heterocycles. The predicted octanol–water partition coefficient (Wildman–Crippen LogP) is 2.38. The quantitative estimate of drug-likeness (QED) is 0.824. The Kier molecular flexibility index (Phi) is 3.37. The van der Waals surface area contributed by atoms with Crippen molar-refractivity contribution in [2.75, 3.05) is 17.7 Å². The van der Waals surface area contributed by atoms with Gasteiger partial charge in [-0.2, -0.15) is 5.26 Å². The zero-order valence-electron chi connectivity index (χ0n) is 8.16. The predicted molar refractivity (Wildman–Crippen MR) is 62.0 cm³/mol. The molecule has 0 saturated heterocycles. The van der Waals surface area contributed by atoms with Crippen molar-refractivity contribution in [3.05, 3.63) is 22.7 Å². The minimum atomic E-state index is -0.182. The highest BCUT2D eigenvalue weighted by molar-refractivity contribution is 9.10. The van der Waals surface area contributed by atoms with Crippen LogP contribution in [0.25, 0.3) is 0 Å². The molecule has 4 heteroatoms. The zero-order valence-corrected chi connectivity index (χ0v) is 9.75. The normalized spacial score (nSPS) is 11.9. The molecule has 0 aliphatic heterocycles. The summed E-state index contributed by atoms with van der Waals surface area (Å²) in [6.07, 6.45) is 0. The average molecular weight is 254 g/mol. The van der Waals surface area contributed by atoms with Gasteiger partial charge in [-0.25, -0.2) is 0 Å². The van der Waals surface area contributed by atoms with Crippen LogP contribution >= 0.6 is 15.9 Å². The van der Waals surface area contributed by atoms with Crippen LogP contribution in [0.5, 0.6) is 0 Å². The molecule has 0 bridgehead atoms. The number of benzene rings is 1. The lowest BCUT2D eigenvalue weighted by molar-refractivity contribution is 0.836. The molecule has 0 amide bonds. The van der Waals surface area contributed by atoms with Gasteiger partial charge in [0.05, 0.1) is 17.4 Å². The van der Waals surface area contributed by atoms with Crippen LogP contribution in [0.15, 0.2) is 22.7 Å². The minimum absolute atomic E-state index is 0.182. The minimum Gasteiger partial charge on any atom is -0.397 e. The fourth-order valence-corrected chi connectivity index (χ4v) is 1.52. The molecular weight excluding hydrogens is 242 g/mol. The van der Waals surface area contributed by atoms with Gasteiger partial charge in [0.1, 0.15) is 6.04 Å². The topological polar surface area (TPSA) is 53.0 Å². The first-order valence-corrected chi connectivity index (χ1v) is 5.03. The molecule has 1 unspecified atom stereocenters. The SMILES string of the molecule is CC(C#N)N(C)c1ccc(Br)cc1N. The summed E-state index contributed by atoms with van der Waals surface area (Å²) in [5, 5.41) is 8.77. The summed E-state index contributed by atoms with van der Waals surface area (Å²) < 4.78 is 0.941. The molecule has 74 valence electrons. The highest BCUT2D eigenvalue weighted by Crippen LogP contribution is 2.26. The van der Waals surface area contributed by atoms with Gasteiger partial charge in [-0.3, -0.25) is 0 Å². The third kappa shape index (κ3) is 2.18.